The van der Waals surface area contributed by atoms with E-state index in [0.29, 0.717) is 5.89 Å². The molecule has 72 heavy (non-hydrogen) atoms. The maximum atomic E-state index is 6.67. The predicted molar refractivity (Wildman–Crippen MR) is 301 cm³/mol. The van der Waals surface area contributed by atoms with E-state index in [1.807, 2.05) is 17.4 Å². The first-order chi connectivity index (χ1) is 35.7. The molecule has 1 aliphatic rings. The van der Waals surface area contributed by atoms with Crippen LogP contribution < -0.4 is 4.90 Å². The highest BCUT2D eigenvalue weighted by Gasteiger charge is 2.46. The molecule has 0 aliphatic heterocycles. The van der Waals surface area contributed by atoms with E-state index in [1.54, 1.807) is 0 Å². The molecule has 0 fully saturated rings. The van der Waals surface area contributed by atoms with Crippen LogP contribution in [0.4, 0.5) is 17.1 Å². The zero-order chi connectivity index (χ0) is 47.6. The minimum absolute atomic E-state index is 0.552. The molecule has 11 aromatic carbocycles. The van der Waals surface area contributed by atoms with E-state index in [4.69, 9.17) is 9.40 Å². The molecule has 338 valence electrons. The summed E-state index contributed by atoms with van der Waals surface area (Å²) in [7, 11) is 0. The third kappa shape index (κ3) is 6.75. The number of rotatable bonds is 9. The van der Waals surface area contributed by atoms with Gasteiger partial charge in [-0.1, -0.05) is 212 Å². The summed E-state index contributed by atoms with van der Waals surface area (Å²) >= 11 is 1.89. The van der Waals surface area contributed by atoms with Crippen LogP contribution in [0.25, 0.3) is 87.2 Å². The zero-order valence-electron chi connectivity index (χ0n) is 39.1. The smallest absolute Gasteiger partial charge is 0.227 e. The highest BCUT2D eigenvalue weighted by atomic mass is 32.1. The third-order valence-corrected chi connectivity index (χ3v) is 15.9. The van der Waals surface area contributed by atoms with Crippen molar-refractivity contribution in [3.8, 4) is 56.0 Å². The summed E-state index contributed by atoms with van der Waals surface area (Å²) in [5.41, 5.74) is 19.6. The van der Waals surface area contributed by atoms with Gasteiger partial charge in [-0.25, -0.2) is 4.98 Å². The molecule has 0 spiro atoms. The first-order valence-corrected chi connectivity index (χ1v) is 25.3. The lowest BCUT2D eigenvalue weighted by Crippen LogP contribution is -2.28. The van der Waals surface area contributed by atoms with E-state index in [-0.39, 0.29) is 0 Å². The predicted octanol–water partition coefficient (Wildman–Crippen LogP) is 18.7. The van der Waals surface area contributed by atoms with Gasteiger partial charge in [0.25, 0.3) is 0 Å². The summed E-state index contributed by atoms with van der Waals surface area (Å²) in [6, 6.07) is 96.6. The molecule has 2 aromatic heterocycles. The molecule has 1 aliphatic carbocycles. The summed E-state index contributed by atoms with van der Waals surface area (Å²) in [6.07, 6.45) is 0. The van der Waals surface area contributed by atoms with Gasteiger partial charge in [-0.3, -0.25) is 0 Å². The van der Waals surface area contributed by atoms with Gasteiger partial charge in [0.1, 0.15) is 5.52 Å². The van der Waals surface area contributed by atoms with Crippen LogP contribution in [0.3, 0.4) is 0 Å². The van der Waals surface area contributed by atoms with Crippen molar-refractivity contribution in [1.82, 2.24) is 4.98 Å². The number of nitrogens with zero attached hydrogens (tertiary/aromatic N) is 2. The van der Waals surface area contributed by atoms with Gasteiger partial charge in [0.15, 0.2) is 5.58 Å². The van der Waals surface area contributed by atoms with Gasteiger partial charge in [-0.15, -0.1) is 11.3 Å². The Balaban J connectivity index is 0.925. The monoisotopic (exact) mass is 936 g/mol. The fraction of sp³-hybridized carbons (Fsp3) is 0.0147. The number of oxazole rings is 1. The molecule has 0 amide bonds. The number of fused-ring (bicyclic) bond motifs is 7. The standard InChI is InChI=1S/C68H44N2OS/c1-5-17-45(18-6-1)46-31-33-49(34-32-46)67-69-63-42-40-54(44-64(63)71-67)70(52-37-35-48(36-38-52)56-27-16-29-60-59-28-15-26-55(65(59)72-66(56)60)47-19-7-2-8-20-47)53-39-41-58-57-25-13-14-30-61(57)68(62(58)43-53,50-21-9-3-10-22-50)51-23-11-4-12-24-51/h1-44H. The van der Waals surface area contributed by atoms with Crippen molar-refractivity contribution in [2.24, 2.45) is 0 Å². The molecule has 0 atom stereocenters. The molecule has 0 bridgehead atoms. The molecule has 0 saturated heterocycles. The molecule has 0 N–H and O–H groups in total. The van der Waals surface area contributed by atoms with Gasteiger partial charge in [-0.05, 0) is 115 Å². The quantitative estimate of drug-likeness (QED) is 0.144. The second-order valence-electron chi connectivity index (χ2n) is 18.6. The number of hydrogen-bond acceptors (Lipinski definition) is 4. The van der Waals surface area contributed by atoms with Crippen LogP contribution in [-0.2, 0) is 5.41 Å². The highest BCUT2D eigenvalue weighted by Crippen LogP contribution is 2.57. The van der Waals surface area contributed by atoms with Gasteiger partial charge in [0.2, 0.25) is 5.89 Å². The summed E-state index contributed by atoms with van der Waals surface area (Å²) in [4.78, 5) is 7.38. The number of anilines is 3. The van der Waals surface area contributed by atoms with Crippen molar-refractivity contribution in [2.45, 2.75) is 5.41 Å². The van der Waals surface area contributed by atoms with Crippen LogP contribution in [0.15, 0.2) is 271 Å². The molecular formula is C68H44N2OS. The van der Waals surface area contributed by atoms with Crippen LogP contribution in [0.1, 0.15) is 22.3 Å². The average Bonchev–Trinajstić information content (AvgIpc) is 4.15. The number of hydrogen-bond donors (Lipinski definition) is 0. The number of benzene rings is 11. The van der Waals surface area contributed by atoms with Crippen LogP contribution in [0.2, 0.25) is 0 Å². The maximum Gasteiger partial charge on any atom is 0.227 e. The van der Waals surface area contributed by atoms with E-state index in [2.05, 4.69) is 266 Å². The topological polar surface area (TPSA) is 29.3 Å². The summed E-state index contributed by atoms with van der Waals surface area (Å²) in [6.45, 7) is 0. The summed E-state index contributed by atoms with van der Waals surface area (Å²) < 4.78 is 9.27. The Labute approximate surface area is 422 Å². The van der Waals surface area contributed by atoms with Crippen molar-refractivity contribution in [3.05, 3.63) is 289 Å². The fourth-order valence-corrected chi connectivity index (χ4v) is 12.7. The lowest BCUT2D eigenvalue weighted by molar-refractivity contribution is 0.620. The highest BCUT2D eigenvalue weighted by molar-refractivity contribution is 7.26. The molecule has 0 saturated carbocycles. The zero-order valence-corrected chi connectivity index (χ0v) is 39.9. The maximum absolute atomic E-state index is 6.67. The first-order valence-electron chi connectivity index (χ1n) is 24.5. The molecule has 13 aromatic rings. The van der Waals surface area contributed by atoms with Gasteiger partial charge in [0, 0.05) is 48.9 Å². The minimum atomic E-state index is -0.552. The van der Waals surface area contributed by atoms with Crippen molar-refractivity contribution >= 4 is 59.7 Å². The van der Waals surface area contributed by atoms with Gasteiger partial charge in [0.05, 0.1) is 5.41 Å². The lowest BCUT2D eigenvalue weighted by Gasteiger charge is -2.35. The molecular weight excluding hydrogens is 893 g/mol. The van der Waals surface area contributed by atoms with Crippen LogP contribution in [-0.4, -0.2) is 4.98 Å². The Morgan fingerprint density at radius 1 is 0.347 bits per heavy atom. The van der Waals surface area contributed by atoms with Crippen molar-refractivity contribution in [1.29, 1.82) is 0 Å². The fourth-order valence-electron chi connectivity index (χ4n) is 11.3. The average molecular weight is 937 g/mol. The van der Waals surface area contributed by atoms with E-state index in [9.17, 15) is 0 Å². The van der Waals surface area contributed by atoms with E-state index in [1.165, 1.54) is 81.4 Å². The van der Waals surface area contributed by atoms with Crippen LogP contribution in [0, 0.1) is 0 Å². The van der Waals surface area contributed by atoms with E-state index >= 15 is 0 Å². The number of aromatic nitrogens is 1. The number of thiophene rings is 1. The molecule has 0 radical (unpaired) electrons. The minimum Gasteiger partial charge on any atom is -0.436 e. The Morgan fingerprint density at radius 3 is 1.47 bits per heavy atom. The second kappa shape index (κ2) is 17.1. The van der Waals surface area contributed by atoms with Gasteiger partial charge in [-0.2, -0.15) is 0 Å². The molecule has 0 unspecified atom stereocenters. The largest absolute Gasteiger partial charge is 0.436 e. The van der Waals surface area contributed by atoms with Gasteiger partial charge < -0.3 is 9.32 Å². The lowest BCUT2D eigenvalue weighted by atomic mass is 9.67. The third-order valence-electron chi connectivity index (χ3n) is 14.6. The Hall–Kier alpha value is -9.09. The summed E-state index contributed by atoms with van der Waals surface area (Å²) in [5.74, 6) is 0.592. The van der Waals surface area contributed by atoms with Crippen molar-refractivity contribution < 1.29 is 4.42 Å². The van der Waals surface area contributed by atoms with E-state index in [0.717, 1.165) is 39.3 Å². The Bertz CT molecular complexity index is 4090. The van der Waals surface area contributed by atoms with Gasteiger partial charge >= 0.3 is 0 Å². The Morgan fingerprint density at radius 2 is 0.819 bits per heavy atom. The van der Waals surface area contributed by atoms with E-state index < -0.39 is 5.41 Å². The van der Waals surface area contributed by atoms with Crippen molar-refractivity contribution in [2.75, 3.05) is 4.90 Å². The SMILES string of the molecule is c1ccc(-c2ccc(-c3nc4ccc(N(c5ccc(-c6cccc7c6sc6c(-c8ccccc8)cccc67)cc5)c5ccc6c(c5)C(c5ccccc5)(c5ccccc5)c5ccccc5-6)cc4o3)cc2)cc1. The normalized spacial score (nSPS) is 12.6. The molecule has 3 nitrogen and oxygen atoms in total. The second-order valence-corrected chi connectivity index (χ2v) is 19.6. The van der Waals surface area contributed by atoms with Crippen molar-refractivity contribution in [3.63, 3.8) is 0 Å². The molecule has 2 heterocycles. The first kappa shape index (κ1) is 41.8. The van der Waals surface area contributed by atoms with Crippen LogP contribution in [0.5, 0.6) is 0 Å². The summed E-state index contributed by atoms with van der Waals surface area (Å²) in [5, 5.41) is 2.57. The molecule has 14 rings (SSSR count). The molecule has 4 heteroatoms. The Kier molecular flexibility index (Phi) is 9.94. The van der Waals surface area contributed by atoms with Crippen LogP contribution >= 0.6 is 11.3 Å².